The summed E-state index contributed by atoms with van der Waals surface area (Å²) in [6.07, 6.45) is -3.34. The number of carbonyl (C=O) groups is 2. The highest BCUT2D eigenvalue weighted by Gasteiger charge is 2.34. The van der Waals surface area contributed by atoms with Crippen LogP contribution in [0.2, 0.25) is 0 Å². The molecule has 234 valence electrons. The number of halogens is 4. The molecule has 3 aromatic carbocycles. The molecule has 1 N–H and O–H groups in total. The Balaban J connectivity index is 1.30. The zero-order valence-electron chi connectivity index (χ0n) is 24.5. The smallest absolute Gasteiger partial charge is 0.406 e. The second kappa shape index (κ2) is 12.6. The summed E-state index contributed by atoms with van der Waals surface area (Å²) in [6.45, 7) is 3.78. The third kappa shape index (κ3) is 7.25. The molecule has 0 radical (unpaired) electrons. The molecule has 10 nitrogen and oxygen atoms in total. The molecule has 1 fully saturated rings. The molecule has 0 atom stereocenters. The lowest BCUT2D eigenvalue weighted by Crippen LogP contribution is -2.31. The Morgan fingerprint density at radius 3 is 2.40 bits per heavy atom. The summed E-state index contributed by atoms with van der Waals surface area (Å²) in [4.78, 5) is 37.1. The second-order valence-electron chi connectivity index (χ2n) is 10.4. The Bertz CT molecular complexity index is 1750. The van der Waals surface area contributed by atoms with Gasteiger partial charge in [-0.1, -0.05) is 25.6 Å². The van der Waals surface area contributed by atoms with Gasteiger partial charge in [-0.15, -0.1) is 18.3 Å². The molecule has 0 unspecified atom stereocenters. The van der Waals surface area contributed by atoms with Crippen LogP contribution in [-0.2, 0) is 4.79 Å². The normalized spacial score (nSPS) is 14.4. The molecular formula is C30H27F4N7O3S. The first-order chi connectivity index (χ1) is 21.3. The molecule has 0 saturated carbocycles. The Kier molecular flexibility index (Phi) is 8.82. The predicted octanol–water partition coefficient (Wildman–Crippen LogP) is 6.83. The minimum Gasteiger partial charge on any atom is -0.406 e. The van der Waals surface area contributed by atoms with Crippen molar-refractivity contribution in [1.29, 1.82) is 0 Å². The molecule has 45 heavy (non-hydrogen) atoms. The monoisotopic (exact) mass is 641 g/mol. The van der Waals surface area contributed by atoms with Crippen molar-refractivity contribution in [3.63, 3.8) is 0 Å². The number of nitrogens with one attached hydrogen (secondary N) is 1. The molecule has 1 aliphatic heterocycles. The van der Waals surface area contributed by atoms with Gasteiger partial charge in [0.2, 0.25) is 5.91 Å². The lowest BCUT2D eigenvalue weighted by atomic mass is 9.99. The van der Waals surface area contributed by atoms with Crippen molar-refractivity contribution in [2.24, 2.45) is 4.99 Å². The van der Waals surface area contributed by atoms with E-state index >= 15 is 0 Å². The molecule has 15 heteroatoms. The van der Waals surface area contributed by atoms with Crippen LogP contribution in [-0.4, -0.2) is 58.1 Å². The number of aliphatic imine (C=N–C) groups is 1. The van der Waals surface area contributed by atoms with Gasteiger partial charge in [-0.3, -0.25) is 9.69 Å². The van der Waals surface area contributed by atoms with Crippen molar-refractivity contribution in [3.8, 4) is 22.8 Å². The van der Waals surface area contributed by atoms with Crippen LogP contribution in [0.4, 0.5) is 39.4 Å². The summed E-state index contributed by atoms with van der Waals surface area (Å²) in [7, 11) is 3.40. The van der Waals surface area contributed by atoms with Crippen molar-refractivity contribution in [1.82, 2.24) is 14.8 Å². The van der Waals surface area contributed by atoms with E-state index < -0.39 is 18.2 Å². The zero-order chi connectivity index (χ0) is 32.5. The fourth-order valence-corrected chi connectivity index (χ4v) is 5.37. The average Bonchev–Trinajstić information content (AvgIpc) is 3.60. The molecule has 1 saturated heterocycles. The van der Waals surface area contributed by atoms with Crippen LogP contribution in [0.5, 0.6) is 5.75 Å². The third-order valence-electron chi connectivity index (χ3n) is 6.62. The standard InChI is InChI=1S/C30H27F4N7O3S/c1-17(2)22-13-23(31)25(39(3)4)14-24(22)41-26(42)15-45-29(41)37-28(43)36-19-7-9-20(10-8-19)40-16-35-27(38-40)18-5-11-21(12-6-18)44-30(32,33)34/h5-14,16-17H,15H2,1-4H3,(H,36,43)/b37-29-. The maximum absolute atomic E-state index is 14.8. The van der Waals surface area contributed by atoms with Gasteiger partial charge in [-0.2, -0.15) is 4.99 Å². The van der Waals surface area contributed by atoms with E-state index in [-0.39, 0.29) is 34.3 Å². The number of alkyl halides is 3. The van der Waals surface area contributed by atoms with Crippen molar-refractivity contribution in [2.45, 2.75) is 26.1 Å². The number of nitrogens with zero attached hydrogens (tertiary/aromatic N) is 6. The molecule has 0 bridgehead atoms. The van der Waals surface area contributed by atoms with Crippen molar-refractivity contribution in [2.75, 3.05) is 35.0 Å². The third-order valence-corrected chi connectivity index (χ3v) is 7.55. The minimum absolute atomic E-state index is 0.0817. The molecule has 4 aromatic rings. The number of benzene rings is 3. The van der Waals surface area contributed by atoms with Gasteiger partial charge in [0.05, 0.1) is 22.8 Å². The zero-order valence-corrected chi connectivity index (χ0v) is 25.3. The fraction of sp³-hybridized carbons (Fsp3) is 0.233. The Morgan fingerprint density at radius 2 is 1.78 bits per heavy atom. The lowest BCUT2D eigenvalue weighted by Gasteiger charge is -2.24. The van der Waals surface area contributed by atoms with E-state index in [1.54, 1.807) is 49.3 Å². The first kappa shape index (κ1) is 31.5. The highest BCUT2D eigenvalue weighted by molar-refractivity contribution is 8.15. The number of rotatable bonds is 7. The minimum atomic E-state index is -4.79. The molecule has 0 spiro atoms. The molecular weight excluding hydrogens is 614 g/mol. The maximum atomic E-state index is 14.8. The van der Waals surface area contributed by atoms with E-state index in [2.05, 4.69) is 25.1 Å². The summed E-state index contributed by atoms with van der Waals surface area (Å²) in [5.74, 6) is -0.771. The fourth-order valence-electron chi connectivity index (χ4n) is 4.51. The number of ether oxygens (including phenoxy) is 1. The summed E-state index contributed by atoms with van der Waals surface area (Å²) in [5.41, 5.74) is 2.90. The lowest BCUT2D eigenvalue weighted by molar-refractivity contribution is -0.274. The van der Waals surface area contributed by atoms with Gasteiger partial charge in [0.1, 0.15) is 17.9 Å². The van der Waals surface area contributed by atoms with Crippen molar-refractivity contribution in [3.05, 3.63) is 78.4 Å². The number of amidine groups is 1. The summed E-state index contributed by atoms with van der Waals surface area (Å²) >= 11 is 1.12. The van der Waals surface area contributed by atoms with Crippen LogP contribution in [0.15, 0.2) is 72.0 Å². The van der Waals surface area contributed by atoms with Crippen LogP contribution >= 0.6 is 11.8 Å². The number of amides is 3. The van der Waals surface area contributed by atoms with Gasteiger partial charge in [0.15, 0.2) is 11.0 Å². The number of hydrogen-bond donors (Lipinski definition) is 1. The van der Waals surface area contributed by atoms with Gasteiger partial charge < -0.3 is 15.0 Å². The first-order valence-corrected chi connectivity index (χ1v) is 14.5. The first-order valence-electron chi connectivity index (χ1n) is 13.5. The van der Waals surface area contributed by atoms with Crippen LogP contribution < -0.4 is 19.9 Å². The predicted molar refractivity (Wildman–Crippen MR) is 165 cm³/mol. The summed E-state index contributed by atoms with van der Waals surface area (Å²) in [5, 5.41) is 7.23. The molecule has 1 aliphatic rings. The van der Waals surface area contributed by atoms with E-state index in [9.17, 15) is 27.2 Å². The molecule has 1 aromatic heterocycles. The largest absolute Gasteiger partial charge is 0.573 e. The van der Waals surface area contributed by atoms with Crippen LogP contribution in [0.3, 0.4) is 0 Å². The highest BCUT2D eigenvalue weighted by atomic mass is 32.2. The molecule has 3 amide bonds. The van der Waals surface area contributed by atoms with E-state index in [1.807, 2.05) is 13.8 Å². The summed E-state index contributed by atoms with van der Waals surface area (Å²) in [6, 6.07) is 14.1. The molecule has 5 rings (SSSR count). The summed E-state index contributed by atoms with van der Waals surface area (Å²) < 4.78 is 57.4. The van der Waals surface area contributed by atoms with E-state index in [1.165, 1.54) is 46.2 Å². The topological polar surface area (TPSA) is 105 Å². The number of anilines is 3. The maximum Gasteiger partial charge on any atom is 0.573 e. The SMILES string of the molecule is CC(C)c1cc(F)c(N(C)C)cc1N1C(=O)CS/C1=N\C(=O)Nc1ccc(-n2cnc(-c3ccc(OC(F)(F)F)cc3)n2)cc1. The van der Waals surface area contributed by atoms with Crippen LogP contribution in [0, 0.1) is 5.82 Å². The Morgan fingerprint density at radius 1 is 1.09 bits per heavy atom. The van der Waals surface area contributed by atoms with Crippen molar-refractivity contribution < 1.29 is 31.9 Å². The van der Waals surface area contributed by atoms with E-state index in [0.29, 0.717) is 33.9 Å². The van der Waals surface area contributed by atoms with E-state index in [0.717, 1.165) is 11.8 Å². The van der Waals surface area contributed by atoms with Gasteiger partial charge in [-0.05, 0) is 72.1 Å². The van der Waals surface area contributed by atoms with Gasteiger partial charge in [0.25, 0.3) is 0 Å². The molecule has 0 aliphatic carbocycles. The number of carbonyl (C=O) groups excluding carboxylic acids is 2. The van der Waals surface area contributed by atoms with Gasteiger partial charge in [0, 0.05) is 25.3 Å². The Hall–Kier alpha value is -4.92. The van der Waals surface area contributed by atoms with Crippen molar-refractivity contribution >= 4 is 45.9 Å². The van der Waals surface area contributed by atoms with Crippen LogP contribution in [0.1, 0.15) is 25.3 Å². The average molecular weight is 642 g/mol. The number of thioether (sulfide) groups is 1. The Labute approximate surface area is 259 Å². The number of aromatic nitrogens is 3. The molecule has 2 heterocycles. The second-order valence-corrected chi connectivity index (χ2v) is 11.3. The van der Waals surface area contributed by atoms with Gasteiger partial charge in [-0.25, -0.2) is 18.9 Å². The number of hydrogen-bond acceptors (Lipinski definition) is 7. The van der Waals surface area contributed by atoms with E-state index in [4.69, 9.17) is 0 Å². The highest BCUT2D eigenvalue weighted by Crippen LogP contribution is 2.37. The quantitative estimate of drug-likeness (QED) is 0.221. The van der Waals surface area contributed by atoms with Gasteiger partial charge >= 0.3 is 12.4 Å². The van der Waals surface area contributed by atoms with Crippen LogP contribution in [0.25, 0.3) is 17.1 Å². The number of urea groups is 1.